The second-order valence-corrected chi connectivity index (χ2v) is 5.27. The van der Waals surface area contributed by atoms with Crippen LogP contribution >= 0.6 is 0 Å². The predicted octanol–water partition coefficient (Wildman–Crippen LogP) is 2.89. The Morgan fingerprint density at radius 3 is 2.54 bits per heavy atom. The second-order valence-electron chi connectivity index (χ2n) is 5.27. The number of nitrogens with one attached hydrogen (secondary N) is 3. The van der Waals surface area contributed by atoms with E-state index in [0.29, 0.717) is 17.2 Å². The molecule has 1 aromatic carbocycles. The lowest BCUT2D eigenvalue weighted by atomic mass is 10.2. The van der Waals surface area contributed by atoms with Gasteiger partial charge in [0.1, 0.15) is 17.9 Å². The summed E-state index contributed by atoms with van der Waals surface area (Å²) in [4.78, 5) is 8.34. The highest BCUT2D eigenvalue weighted by molar-refractivity contribution is 5.91. The number of benzene rings is 1. The Bertz CT molecular complexity index is 774. The van der Waals surface area contributed by atoms with Crippen molar-refractivity contribution in [1.29, 1.82) is 5.41 Å². The smallest absolute Gasteiger partial charge is 0.160 e. The van der Waals surface area contributed by atoms with E-state index < -0.39 is 0 Å². The summed E-state index contributed by atoms with van der Waals surface area (Å²) in [6.07, 6.45) is 7.67. The van der Waals surface area contributed by atoms with Crippen LogP contribution in [0, 0.1) is 5.41 Å². The fourth-order valence-corrected chi connectivity index (χ4v) is 2.05. The molecule has 0 radical (unpaired) electrons. The molecule has 0 amide bonds. The van der Waals surface area contributed by atoms with Gasteiger partial charge in [0.2, 0.25) is 0 Å². The summed E-state index contributed by atoms with van der Waals surface area (Å²) in [5.74, 6) is 1.75. The lowest BCUT2D eigenvalue weighted by Gasteiger charge is -2.13. The first kappa shape index (κ1) is 18.9. The summed E-state index contributed by atoms with van der Waals surface area (Å²) >= 11 is 0. The van der Waals surface area contributed by atoms with Gasteiger partial charge in [-0.3, -0.25) is 5.43 Å². The average Bonchev–Trinajstić information content (AvgIpc) is 2.67. The van der Waals surface area contributed by atoms with Crippen molar-refractivity contribution < 1.29 is 9.47 Å². The zero-order valence-corrected chi connectivity index (χ0v) is 14.9. The molecule has 1 unspecified atom stereocenters. The van der Waals surface area contributed by atoms with Gasteiger partial charge in [0.25, 0.3) is 0 Å². The maximum absolute atomic E-state index is 7.66. The third kappa shape index (κ3) is 5.30. The van der Waals surface area contributed by atoms with E-state index >= 15 is 0 Å². The van der Waals surface area contributed by atoms with Gasteiger partial charge in [-0.15, -0.1) is 0 Å². The zero-order chi connectivity index (χ0) is 18.8. The Kier molecular flexibility index (Phi) is 7.11. The summed E-state index contributed by atoms with van der Waals surface area (Å²) in [5, 5.41) is 15.0. The Hall–Kier alpha value is -3.42. The van der Waals surface area contributed by atoms with E-state index in [4.69, 9.17) is 14.9 Å². The lowest BCUT2D eigenvalue weighted by Crippen LogP contribution is -2.16. The molecule has 8 heteroatoms. The molecule has 2 rings (SSSR count). The lowest BCUT2D eigenvalue weighted by molar-refractivity contribution is 0.336. The first-order valence-electron chi connectivity index (χ1n) is 7.92. The van der Waals surface area contributed by atoms with Crippen molar-refractivity contribution in [3.63, 3.8) is 0 Å². The Morgan fingerprint density at radius 1 is 1.15 bits per heavy atom. The van der Waals surface area contributed by atoms with Crippen molar-refractivity contribution in [2.75, 3.05) is 25.0 Å². The predicted molar refractivity (Wildman–Crippen MR) is 103 cm³/mol. The summed E-state index contributed by atoms with van der Waals surface area (Å²) in [7, 11) is 3.20. The molecule has 1 aromatic heterocycles. The SMILES string of the molecule is CO/C=C/C(C)Nc1ncnc(N/N=C/c2ccc(OC)cc2)c1C=N. The van der Waals surface area contributed by atoms with E-state index in [0.717, 1.165) is 11.3 Å². The van der Waals surface area contributed by atoms with Gasteiger partial charge in [0.15, 0.2) is 5.82 Å². The molecule has 1 atom stereocenters. The van der Waals surface area contributed by atoms with Gasteiger partial charge in [-0.25, -0.2) is 9.97 Å². The summed E-state index contributed by atoms with van der Waals surface area (Å²) in [5.41, 5.74) is 4.27. The van der Waals surface area contributed by atoms with Crippen LogP contribution in [0.2, 0.25) is 0 Å². The number of hydrogen-bond acceptors (Lipinski definition) is 8. The third-order valence-corrected chi connectivity index (χ3v) is 3.40. The Labute approximate surface area is 152 Å². The molecule has 0 aliphatic rings. The van der Waals surface area contributed by atoms with Gasteiger partial charge < -0.3 is 20.2 Å². The number of ether oxygens (including phenoxy) is 2. The number of hydrazone groups is 1. The van der Waals surface area contributed by atoms with Gasteiger partial charge in [0, 0.05) is 12.3 Å². The zero-order valence-electron chi connectivity index (χ0n) is 14.9. The maximum Gasteiger partial charge on any atom is 0.160 e. The molecule has 0 fully saturated rings. The molecule has 8 nitrogen and oxygen atoms in total. The molecule has 0 bridgehead atoms. The van der Waals surface area contributed by atoms with Crippen molar-refractivity contribution in [1.82, 2.24) is 9.97 Å². The van der Waals surface area contributed by atoms with Crippen LogP contribution in [0.5, 0.6) is 5.75 Å². The molecule has 0 spiro atoms. The number of aromatic nitrogens is 2. The summed E-state index contributed by atoms with van der Waals surface area (Å²) in [6, 6.07) is 7.45. The van der Waals surface area contributed by atoms with Crippen molar-refractivity contribution in [3.8, 4) is 5.75 Å². The summed E-state index contributed by atoms with van der Waals surface area (Å²) < 4.78 is 10.0. The van der Waals surface area contributed by atoms with Crippen LogP contribution in [-0.4, -0.2) is 42.7 Å². The van der Waals surface area contributed by atoms with Gasteiger partial charge >= 0.3 is 0 Å². The van der Waals surface area contributed by atoms with Crippen LogP contribution < -0.4 is 15.5 Å². The van der Waals surface area contributed by atoms with Gasteiger partial charge in [-0.2, -0.15) is 5.10 Å². The molecule has 136 valence electrons. The average molecular weight is 354 g/mol. The molecule has 0 aliphatic heterocycles. The molecule has 0 saturated carbocycles. The number of rotatable bonds is 9. The van der Waals surface area contributed by atoms with Gasteiger partial charge in [0.05, 0.1) is 32.3 Å². The highest BCUT2D eigenvalue weighted by Crippen LogP contribution is 2.18. The minimum Gasteiger partial charge on any atom is -0.505 e. The molecule has 2 aromatic rings. The van der Waals surface area contributed by atoms with Gasteiger partial charge in [-0.1, -0.05) is 0 Å². The maximum atomic E-state index is 7.66. The van der Waals surface area contributed by atoms with Crippen LogP contribution in [0.3, 0.4) is 0 Å². The molecule has 0 aliphatic carbocycles. The number of anilines is 2. The highest BCUT2D eigenvalue weighted by Gasteiger charge is 2.10. The van der Waals surface area contributed by atoms with E-state index in [1.807, 2.05) is 37.3 Å². The molecule has 26 heavy (non-hydrogen) atoms. The first-order chi connectivity index (χ1) is 12.7. The normalized spacial score (nSPS) is 12.1. The van der Waals surface area contributed by atoms with Crippen LogP contribution in [0.25, 0.3) is 0 Å². The second kappa shape index (κ2) is 9.77. The number of nitrogens with zero attached hydrogens (tertiary/aromatic N) is 3. The van der Waals surface area contributed by atoms with Crippen molar-refractivity contribution >= 4 is 24.1 Å². The van der Waals surface area contributed by atoms with Crippen molar-refractivity contribution in [2.45, 2.75) is 13.0 Å². The minimum atomic E-state index is -0.0285. The molecule has 0 saturated heterocycles. The largest absolute Gasteiger partial charge is 0.505 e. The molecular weight excluding hydrogens is 332 g/mol. The standard InChI is InChI=1S/C18H22N6O2/c1-13(8-9-25-2)23-17-16(10-19)18(21-12-20-17)24-22-11-14-4-6-15(26-3)7-5-14/h4-13,19H,1-3H3,(H2,20,21,23,24)/b9-8+,19-10?,22-11+. The monoisotopic (exact) mass is 354 g/mol. The Balaban J connectivity index is 2.10. The molecule has 3 N–H and O–H groups in total. The fourth-order valence-electron chi connectivity index (χ4n) is 2.05. The first-order valence-corrected chi connectivity index (χ1v) is 7.92. The molecular formula is C18H22N6O2. The number of methoxy groups -OCH3 is 2. The van der Waals surface area contributed by atoms with Crippen LogP contribution in [0.15, 0.2) is 48.0 Å². The number of hydrogen-bond donors (Lipinski definition) is 3. The van der Waals surface area contributed by atoms with Crippen molar-refractivity contribution in [2.24, 2.45) is 5.10 Å². The van der Waals surface area contributed by atoms with Crippen LogP contribution in [0.4, 0.5) is 11.6 Å². The Morgan fingerprint density at radius 2 is 1.88 bits per heavy atom. The summed E-state index contributed by atoms with van der Waals surface area (Å²) in [6.45, 7) is 1.94. The fraction of sp³-hybridized carbons (Fsp3) is 0.222. The highest BCUT2D eigenvalue weighted by atomic mass is 16.5. The van der Waals surface area contributed by atoms with Crippen molar-refractivity contribution in [3.05, 3.63) is 54.1 Å². The van der Waals surface area contributed by atoms with Crippen LogP contribution in [-0.2, 0) is 4.74 Å². The van der Waals surface area contributed by atoms with Gasteiger partial charge in [-0.05, 0) is 42.8 Å². The quantitative estimate of drug-likeness (QED) is 0.363. The van der Waals surface area contributed by atoms with E-state index in [9.17, 15) is 0 Å². The van der Waals surface area contributed by atoms with Crippen LogP contribution in [0.1, 0.15) is 18.1 Å². The van der Waals surface area contributed by atoms with E-state index in [1.54, 1.807) is 26.7 Å². The van der Waals surface area contributed by atoms with E-state index in [2.05, 4.69) is 25.8 Å². The van der Waals surface area contributed by atoms with E-state index in [1.165, 1.54) is 12.5 Å². The third-order valence-electron chi connectivity index (χ3n) is 3.40. The van der Waals surface area contributed by atoms with E-state index in [-0.39, 0.29) is 6.04 Å². The topological polar surface area (TPSA) is 105 Å². The molecule has 1 heterocycles. The minimum absolute atomic E-state index is 0.0285.